The monoisotopic (exact) mass is 309 g/mol. The third kappa shape index (κ3) is 4.80. The molecule has 1 fully saturated rings. The molecule has 5 heteroatoms. The molecule has 2 N–H and O–H groups in total. The molecule has 2 rings (SSSR count). The standard InChI is InChI=1S/C16H23NO3S/c1-16(2)12-17(9-14(11-19)20-16)10-15-13(6-8-21-15)5-3-4-7-18/h6,8,14,18-19H,4,7,9-12H2,1-2H3. The Bertz CT molecular complexity index is 515. The second kappa shape index (κ2) is 7.39. The van der Waals surface area contributed by atoms with Gasteiger partial charge in [-0.25, -0.2) is 0 Å². The van der Waals surface area contributed by atoms with E-state index >= 15 is 0 Å². The van der Waals surface area contributed by atoms with E-state index in [1.807, 2.05) is 11.4 Å². The molecule has 4 nitrogen and oxygen atoms in total. The van der Waals surface area contributed by atoms with E-state index in [2.05, 4.69) is 30.6 Å². The molecule has 0 aromatic carbocycles. The van der Waals surface area contributed by atoms with Gasteiger partial charge in [-0.1, -0.05) is 11.8 Å². The molecule has 0 aliphatic carbocycles. The maximum absolute atomic E-state index is 9.37. The molecule has 0 spiro atoms. The van der Waals surface area contributed by atoms with Crippen molar-refractivity contribution in [1.29, 1.82) is 0 Å². The van der Waals surface area contributed by atoms with Crippen LogP contribution in [-0.4, -0.2) is 53.1 Å². The van der Waals surface area contributed by atoms with Gasteiger partial charge in [-0.3, -0.25) is 4.90 Å². The fourth-order valence-electron chi connectivity index (χ4n) is 2.62. The molecule has 1 aromatic heterocycles. The van der Waals surface area contributed by atoms with Crippen molar-refractivity contribution in [3.8, 4) is 11.8 Å². The van der Waals surface area contributed by atoms with E-state index in [4.69, 9.17) is 9.84 Å². The Morgan fingerprint density at radius 1 is 1.48 bits per heavy atom. The molecule has 1 unspecified atom stereocenters. The van der Waals surface area contributed by atoms with E-state index in [0.29, 0.717) is 6.42 Å². The smallest absolute Gasteiger partial charge is 0.0940 e. The quantitative estimate of drug-likeness (QED) is 0.827. The Morgan fingerprint density at radius 3 is 3.00 bits per heavy atom. The molecule has 1 aromatic rings. The summed E-state index contributed by atoms with van der Waals surface area (Å²) >= 11 is 1.70. The Labute approximate surface area is 130 Å². The van der Waals surface area contributed by atoms with Gasteiger partial charge in [-0.15, -0.1) is 11.3 Å². The van der Waals surface area contributed by atoms with Crippen molar-refractivity contribution >= 4 is 11.3 Å². The summed E-state index contributed by atoms with van der Waals surface area (Å²) in [6.07, 6.45) is 0.379. The summed E-state index contributed by atoms with van der Waals surface area (Å²) < 4.78 is 5.84. The lowest BCUT2D eigenvalue weighted by Gasteiger charge is -2.42. The van der Waals surface area contributed by atoms with Crippen LogP contribution in [0.5, 0.6) is 0 Å². The van der Waals surface area contributed by atoms with Gasteiger partial charge in [0.15, 0.2) is 0 Å². The normalized spacial score (nSPS) is 21.8. The number of thiophene rings is 1. The third-order valence-corrected chi connectivity index (χ3v) is 4.23. The van der Waals surface area contributed by atoms with Crippen molar-refractivity contribution in [3.05, 3.63) is 21.9 Å². The topological polar surface area (TPSA) is 52.9 Å². The Morgan fingerprint density at radius 2 is 2.29 bits per heavy atom. The second-order valence-electron chi connectivity index (χ2n) is 5.88. The van der Waals surface area contributed by atoms with Gasteiger partial charge in [0.1, 0.15) is 0 Å². The summed E-state index contributed by atoms with van der Waals surface area (Å²) in [5, 5.41) is 20.2. The molecule has 1 aliphatic heterocycles. The van der Waals surface area contributed by atoms with Crippen molar-refractivity contribution in [2.75, 3.05) is 26.3 Å². The molecule has 1 aliphatic rings. The van der Waals surface area contributed by atoms with Crippen LogP contribution in [0.1, 0.15) is 30.7 Å². The molecule has 2 heterocycles. The maximum Gasteiger partial charge on any atom is 0.0940 e. The van der Waals surface area contributed by atoms with Crippen LogP contribution >= 0.6 is 11.3 Å². The van der Waals surface area contributed by atoms with Crippen LogP contribution in [0, 0.1) is 11.8 Å². The molecular formula is C16H23NO3S. The lowest BCUT2D eigenvalue weighted by atomic mass is 10.0. The SMILES string of the molecule is CC1(C)CN(Cc2sccc2C#CCCO)CC(CO)O1. The average Bonchev–Trinajstić information content (AvgIpc) is 2.84. The number of ether oxygens (including phenoxy) is 1. The van der Waals surface area contributed by atoms with Gasteiger partial charge < -0.3 is 14.9 Å². The summed E-state index contributed by atoms with van der Waals surface area (Å²) in [5.41, 5.74) is 0.796. The maximum atomic E-state index is 9.37. The van der Waals surface area contributed by atoms with Gasteiger partial charge in [0.25, 0.3) is 0 Å². The van der Waals surface area contributed by atoms with E-state index in [9.17, 15) is 5.11 Å². The third-order valence-electron chi connectivity index (χ3n) is 3.33. The van der Waals surface area contributed by atoms with Crippen molar-refractivity contribution < 1.29 is 14.9 Å². The lowest BCUT2D eigenvalue weighted by molar-refractivity contribution is -0.150. The van der Waals surface area contributed by atoms with Crippen molar-refractivity contribution in [2.24, 2.45) is 0 Å². The number of rotatable bonds is 4. The zero-order valence-corrected chi connectivity index (χ0v) is 13.4. The van der Waals surface area contributed by atoms with Gasteiger partial charge in [0, 0.05) is 36.5 Å². The van der Waals surface area contributed by atoms with Crippen molar-refractivity contribution in [3.63, 3.8) is 0 Å². The van der Waals surface area contributed by atoms with E-state index < -0.39 is 0 Å². The molecule has 116 valence electrons. The van der Waals surface area contributed by atoms with Crippen LogP contribution in [0.15, 0.2) is 11.4 Å². The largest absolute Gasteiger partial charge is 0.395 e. The molecule has 0 radical (unpaired) electrons. The van der Waals surface area contributed by atoms with Crippen molar-refractivity contribution in [1.82, 2.24) is 4.90 Å². The highest BCUT2D eigenvalue weighted by Crippen LogP contribution is 2.25. The summed E-state index contributed by atoms with van der Waals surface area (Å²) in [7, 11) is 0. The van der Waals surface area contributed by atoms with Crippen LogP contribution < -0.4 is 0 Å². The van der Waals surface area contributed by atoms with Gasteiger partial charge in [0.05, 0.1) is 24.9 Å². The first-order valence-electron chi connectivity index (χ1n) is 7.21. The first kappa shape index (κ1) is 16.5. The van der Waals surface area contributed by atoms with E-state index in [-0.39, 0.29) is 24.9 Å². The Balaban J connectivity index is 2.04. The minimum atomic E-state index is -0.244. The number of morpholine rings is 1. The molecule has 0 bridgehead atoms. The van der Waals surface area contributed by atoms with E-state index in [1.54, 1.807) is 11.3 Å². The van der Waals surface area contributed by atoms with Crippen LogP contribution in [0.4, 0.5) is 0 Å². The summed E-state index contributed by atoms with van der Waals surface area (Å²) in [6.45, 7) is 6.66. The first-order chi connectivity index (χ1) is 10.0. The number of aliphatic hydroxyl groups excluding tert-OH is 2. The highest BCUT2D eigenvalue weighted by atomic mass is 32.1. The highest BCUT2D eigenvalue weighted by molar-refractivity contribution is 7.10. The number of hydrogen-bond donors (Lipinski definition) is 2. The molecular weight excluding hydrogens is 286 g/mol. The zero-order chi connectivity index (χ0) is 15.3. The van der Waals surface area contributed by atoms with Crippen LogP contribution in [0.3, 0.4) is 0 Å². The Hall–Kier alpha value is -0.900. The zero-order valence-electron chi connectivity index (χ0n) is 12.6. The van der Waals surface area contributed by atoms with Crippen LogP contribution in [-0.2, 0) is 11.3 Å². The summed E-state index contributed by atoms with van der Waals surface area (Å²) in [6, 6.07) is 2.03. The van der Waals surface area contributed by atoms with E-state index in [1.165, 1.54) is 4.88 Å². The van der Waals surface area contributed by atoms with Gasteiger partial charge >= 0.3 is 0 Å². The molecule has 0 saturated carbocycles. The predicted molar refractivity (Wildman–Crippen MR) is 84.2 cm³/mol. The Kier molecular flexibility index (Phi) is 5.80. The minimum Gasteiger partial charge on any atom is -0.395 e. The fraction of sp³-hybridized carbons (Fsp3) is 0.625. The average molecular weight is 309 g/mol. The first-order valence-corrected chi connectivity index (χ1v) is 8.09. The fourth-order valence-corrected chi connectivity index (χ4v) is 3.49. The van der Waals surface area contributed by atoms with Crippen molar-refractivity contribution in [2.45, 2.75) is 38.5 Å². The van der Waals surface area contributed by atoms with Crippen LogP contribution in [0.25, 0.3) is 0 Å². The van der Waals surface area contributed by atoms with E-state index in [0.717, 1.165) is 25.2 Å². The van der Waals surface area contributed by atoms with Gasteiger partial charge in [-0.2, -0.15) is 0 Å². The highest BCUT2D eigenvalue weighted by Gasteiger charge is 2.33. The van der Waals surface area contributed by atoms with Crippen LogP contribution in [0.2, 0.25) is 0 Å². The second-order valence-corrected chi connectivity index (χ2v) is 6.89. The molecule has 21 heavy (non-hydrogen) atoms. The lowest BCUT2D eigenvalue weighted by Crippen LogP contribution is -2.53. The van der Waals surface area contributed by atoms with Gasteiger partial charge in [0.2, 0.25) is 0 Å². The minimum absolute atomic E-state index is 0.0491. The summed E-state index contributed by atoms with van der Waals surface area (Å²) in [5.74, 6) is 6.10. The predicted octanol–water partition coefficient (Wildman–Crippen LogP) is 1.45. The summed E-state index contributed by atoms with van der Waals surface area (Å²) in [4.78, 5) is 3.54. The van der Waals surface area contributed by atoms with Gasteiger partial charge in [-0.05, 0) is 25.3 Å². The molecule has 0 amide bonds. The number of hydrogen-bond acceptors (Lipinski definition) is 5. The molecule has 1 atom stereocenters. The molecule has 1 saturated heterocycles. The number of aliphatic hydroxyl groups is 2. The number of nitrogens with zero attached hydrogens (tertiary/aromatic N) is 1.